The minimum Gasteiger partial charge on any atom is -0.440 e. The van der Waals surface area contributed by atoms with Gasteiger partial charge in [0, 0.05) is 23.8 Å². The van der Waals surface area contributed by atoms with Crippen LogP contribution < -0.4 is 5.32 Å². The number of aromatic nitrogens is 1. The molecule has 1 saturated carbocycles. The van der Waals surface area contributed by atoms with Gasteiger partial charge in [0.1, 0.15) is 11.6 Å². The van der Waals surface area contributed by atoms with Crippen LogP contribution in [0.2, 0.25) is 0 Å². The van der Waals surface area contributed by atoms with Crippen LogP contribution in [0.5, 0.6) is 0 Å². The van der Waals surface area contributed by atoms with Crippen molar-refractivity contribution in [2.45, 2.75) is 49.4 Å². The summed E-state index contributed by atoms with van der Waals surface area (Å²) in [6.07, 6.45) is 3.62. The van der Waals surface area contributed by atoms with Crippen LogP contribution in [0.25, 0.3) is 11.1 Å². The molecule has 3 heterocycles. The molecule has 2 atom stereocenters. The van der Waals surface area contributed by atoms with Crippen molar-refractivity contribution in [2.75, 3.05) is 11.1 Å². The lowest BCUT2D eigenvalue weighted by atomic mass is 10.2. The van der Waals surface area contributed by atoms with Crippen LogP contribution in [0.4, 0.5) is 5.69 Å². The number of carbonyl (C=O) groups is 2. The summed E-state index contributed by atoms with van der Waals surface area (Å²) in [5, 5.41) is 2.95. The summed E-state index contributed by atoms with van der Waals surface area (Å²) in [5.74, 6) is 1.85. The Balaban J connectivity index is 1.37. The van der Waals surface area contributed by atoms with E-state index in [2.05, 4.69) is 17.2 Å². The third-order valence-electron chi connectivity index (χ3n) is 5.35. The van der Waals surface area contributed by atoms with E-state index in [1.54, 1.807) is 16.7 Å². The molecule has 25 heavy (non-hydrogen) atoms. The van der Waals surface area contributed by atoms with Gasteiger partial charge in [-0.3, -0.25) is 9.59 Å². The van der Waals surface area contributed by atoms with Crippen molar-refractivity contribution in [1.29, 1.82) is 0 Å². The van der Waals surface area contributed by atoms with Crippen LogP contribution >= 0.6 is 11.8 Å². The van der Waals surface area contributed by atoms with Crippen molar-refractivity contribution in [2.24, 2.45) is 0 Å². The molecule has 130 valence electrons. The molecule has 3 fully saturated rings. The third-order valence-corrected chi connectivity index (χ3v) is 6.85. The Kier molecular flexibility index (Phi) is 3.20. The predicted octanol–water partition coefficient (Wildman–Crippen LogP) is 3.10. The van der Waals surface area contributed by atoms with Gasteiger partial charge in [-0.1, -0.05) is 0 Å². The zero-order chi connectivity index (χ0) is 17.2. The van der Waals surface area contributed by atoms with E-state index in [9.17, 15) is 9.59 Å². The Labute approximate surface area is 149 Å². The molecule has 0 unspecified atom stereocenters. The SMILES string of the molecule is C[C@@]12CCC(=O)N1[C@H](C(=O)Nc1ccc3oc(C4CC4)nc3c1)CS2. The fourth-order valence-electron chi connectivity index (χ4n) is 3.77. The van der Waals surface area contributed by atoms with E-state index in [1.165, 1.54) is 0 Å². The topological polar surface area (TPSA) is 75.4 Å². The molecule has 3 aliphatic rings. The molecule has 0 spiro atoms. The molecule has 0 radical (unpaired) electrons. The van der Waals surface area contributed by atoms with Crippen LogP contribution in [0, 0.1) is 0 Å². The summed E-state index contributed by atoms with van der Waals surface area (Å²) in [5.41, 5.74) is 2.21. The molecule has 1 N–H and O–H groups in total. The highest BCUT2D eigenvalue weighted by atomic mass is 32.2. The van der Waals surface area contributed by atoms with Crippen LogP contribution in [-0.4, -0.2) is 38.4 Å². The number of oxazole rings is 1. The standard InChI is InChI=1S/C18H19N3O3S/c1-18-7-6-15(22)21(18)13(9-25-18)16(23)19-11-4-5-14-12(8-11)20-17(24-14)10-2-3-10/h4-5,8,10,13H,2-3,6-7,9H2,1H3,(H,19,23)/t13-,18+/m0/s1. The van der Waals surface area contributed by atoms with E-state index in [0.717, 1.165) is 36.3 Å². The van der Waals surface area contributed by atoms with E-state index >= 15 is 0 Å². The number of hydrogen-bond donors (Lipinski definition) is 1. The quantitative estimate of drug-likeness (QED) is 0.913. The number of benzene rings is 1. The second-order valence-corrected chi connectivity index (χ2v) is 8.77. The second kappa shape index (κ2) is 5.24. The number of nitrogens with zero attached hydrogens (tertiary/aromatic N) is 2. The first kappa shape index (κ1) is 15.3. The number of rotatable bonds is 3. The zero-order valence-electron chi connectivity index (χ0n) is 13.9. The number of carbonyl (C=O) groups excluding carboxylic acids is 2. The Morgan fingerprint density at radius 1 is 1.44 bits per heavy atom. The van der Waals surface area contributed by atoms with E-state index in [0.29, 0.717) is 23.8 Å². The van der Waals surface area contributed by atoms with Gasteiger partial charge in [0.15, 0.2) is 11.5 Å². The molecule has 6 nitrogen and oxygen atoms in total. The Hall–Kier alpha value is -2.02. The molecule has 2 amide bonds. The van der Waals surface area contributed by atoms with Crippen LogP contribution in [0.3, 0.4) is 0 Å². The molecular weight excluding hydrogens is 338 g/mol. The van der Waals surface area contributed by atoms with Gasteiger partial charge in [0.25, 0.3) is 0 Å². The molecule has 2 saturated heterocycles. The molecule has 2 aromatic rings. The van der Waals surface area contributed by atoms with Crippen molar-refractivity contribution in [3.8, 4) is 0 Å². The van der Waals surface area contributed by atoms with Crippen molar-refractivity contribution < 1.29 is 14.0 Å². The maximum absolute atomic E-state index is 12.7. The molecule has 0 bridgehead atoms. The Bertz CT molecular complexity index is 891. The smallest absolute Gasteiger partial charge is 0.248 e. The summed E-state index contributed by atoms with van der Waals surface area (Å²) in [7, 11) is 0. The lowest BCUT2D eigenvalue weighted by Gasteiger charge is -2.29. The van der Waals surface area contributed by atoms with Gasteiger partial charge in [0.2, 0.25) is 11.8 Å². The number of amides is 2. The van der Waals surface area contributed by atoms with Gasteiger partial charge in [-0.05, 0) is 44.4 Å². The number of hydrogen-bond acceptors (Lipinski definition) is 5. The number of thioether (sulfide) groups is 1. The highest BCUT2D eigenvalue weighted by molar-refractivity contribution is 8.01. The normalized spacial score (nSPS) is 28.6. The maximum atomic E-state index is 12.7. The monoisotopic (exact) mass is 357 g/mol. The van der Waals surface area contributed by atoms with E-state index < -0.39 is 6.04 Å². The van der Waals surface area contributed by atoms with Crippen molar-refractivity contribution in [3.63, 3.8) is 0 Å². The van der Waals surface area contributed by atoms with Crippen molar-refractivity contribution >= 4 is 40.4 Å². The van der Waals surface area contributed by atoms with Crippen LogP contribution in [0.1, 0.15) is 44.4 Å². The largest absolute Gasteiger partial charge is 0.440 e. The first-order valence-corrected chi connectivity index (χ1v) is 9.69. The van der Waals surface area contributed by atoms with Gasteiger partial charge in [-0.15, -0.1) is 11.8 Å². The van der Waals surface area contributed by atoms with Crippen LogP contribution in [-0.2, 0) is 9.59 Å². The fourth-order valence-corrected chi connectivity index (χ4v) is 5.20. The second-order valence-electron chi connectivity index (χ2n) is 7.26. The Morgan fingerprint density at radius 3 is 3.08 bits per heavy atom. The molecule has 1 aliphatic carbocycles. The lowest BCUT2D eigenvalue weighted by molar-refractivity contribution is -0.135. The van der Waals surface area contributed by atoms with E-state index in [1.807, 2.05) is 18.2 Å². The van der Waals surface area contributed by atoms with E-state index in [4.69, 9.17) is 4.42 Å². The fraction of sp³-hybridized carbons (Fsp3) is 0.500. The first-order valence-electron chi connectivity index (χ1n) is 8.71. The molecule has 2 aliphatic heterocycles. The average molecular weight is 357 g/mol. The van der Waals surface area contributed by atoms with Gasteiger partial charge >= 0.3 is 0 Å². The molecular formula is C18H19N3O3S. The minimum atomic E-state index is -0.403. The summed E-state index contributed by atoms with van der Waals surface area (Å²) < 4.78 is 5.76. The van der Waals surface area contributed by atoms with E-state index in [-0.39, 0.29) is 16.7 Å². The van der Waals surface area contributed by atoms with Gasteiger partial charge in [0.05, 0.1) is 4.87 Å². The summed E-state index contributed by atoms with van der Waals surface area (Å²) in [6, 6.07) is 5.11. The molecule has 1 aromatic heterocycles. The third kappa shape index (κ3) is 2.44. The summed E-state index contributed by atoms with van der Waals surface area (Å²) in [6.45, 7) is 2.05. The van der Waals surface area contributed by atoms with Crippen LogP contribution in [0.15, 0.2) is 22.6 Å². The average Bonchev–Trinajstić information content (AvgIpc) is 3.16. The maximum Gasteiger partial charge on any atom is 0.248 e. The van der Waals surface area contributed by atoms with Gasteiger partial charge < -0.3 is 14.6 Å². The van der Waals surface area contributed by atoms with Crippen molar-refractivity contribution in [3.05, 3.63) is 24.1 Å². The zero-order valence-corrected chi connectivity index (χ0v) is 14.8. The lowest BCUT2D eigenvalue weighted by Crippen LogP contribution is -2.48. The predicted molar refractivity (Wildman–Crippen MR) is 95.3 cm³/mol. The number of anilines is 1. The minimum absolute atomic E-state index is 0.0775. The first-order chi connectivity index (χ1) is 12.0. The van der Waals surface area contributed by atoms with Crippen molar-refractivity contribution in [1.82, 2.24) is 9.88 Å². The molecule has 5 rings (SSSR count). The summed E-state index contributed by atoms with van der Waals surface area (Å²) in [4.78, 5) is 31.0. The number of fused-ring (bicyclic) bond motifs is 2. The Morgan fingerprint density at radius 2 is 2.28 bits per heavy atom. The van der Waals surface area contributed by atoms with Gasteiger partial charge in [-0.25, -0.2) is 4.98 Å². The summed E-state index contributed by atoms with van der Waals surface area (Å²) >= 11 is 1.70. The molecule has 7 heteroatoms. The number of nitrogens with one attached hydrogen (secondary N) is 1. The van der Waals surface area contributed by atoms with Gasteiger partial charge in [-0.2, -0.15) is 0 Å². The highest BCUT2D eigenvalue weighted by Gasteiger charge is 2.52. The highest BCUT2D eigenvalue weighted by Crippen LogP contribution is 2.47. The molecule has 1 aromatic carbocycles.